The third-order valence-corrected chi connectivity index (χ3v) is 5.33. The molecule has 4 rings (SSSR count). The fraction of sp³-hybridized carbons (Fsp3) is 0.667. The van der Waals surface area contributed by atoms with Crippen LogP contribution in [0, 0.1) is 12.8 Å². The second-order valence-corrected chi connectivity index (χ2v) is 7.59. The zero-order valence-corrected chi connectivity index (χ0v) is 15.4. The van der Waals surface area contributed by atoms with Crippen LogP contribution in [-0.4, -0.2) is 66.8 Å². The van der Waals surface area contributed by atoms with Crippen LogP contribution in [-0.2, 0) is 13.1 Å². The number of rotatable bonds is 5. The van der Waals surface area contributed by atoms with Gasteiger partial charge in [-0.1, -0.05) is 5.21 Å². The van der Waals surface area contributed by atoms with Gasteiger partial charge in [0, 0.05) is 44.3 Å². The first-order chi connectivity index (χ1) is 12.7. The summed E-state index contributed by atoms with van der Waals surface area (Å²) in [4.78, 5) is 24.2. The molecule has 0 spiro atoms. The van der Waals surface area contributed by atoms with Crippen molar-refractivity contribution in [1.82, 2.24) is 34.8 Å². The molecule has 8 nitrogen and oxygen atoms in total. The van der Waals surface area contributed by atoms with Crippen molar-refractivity contribution in [3.8, 4) is 0 Å². The van der Waals surface area contributed by atoms with Gasteiger partial charge in [0.2, 0.25) is 0 Å². The highest BCUT2D eigenvalue weighted by molar-refractivity contribution is 5.90. The number of nitrogens with one attached hydrogen (secondary N) is 1. The number of imidazole rings is 1. The van der Waals surface area contributed by atoms with Crippen LogP contribution in [0.25, 0.3) is 0 Å². The van der Waals surface area contributed by atoms with Gasteiger partial charge < -0.3 is 9.88 Å². The van der Waals surface area contributed by atoms with Crippen LogP contribution < -0.4 is 0 Å². The Morgan fingerprint density at radius 1 is 1.27 bits per heavy atom. The topological polar surface area (TPSA) is 82.9 Å². The summed E-state index contributed by atoms with van der Waals surface area (Å²) in [7, 11) is 0. The van der Waals surface area contributed by atoms with E-state index in [4.69, 9.17) is 0 Å². The molecular weight excluding hydrogens is 330 g/mol. The largest absolute Gasteiger partial charge is 0.338 e. The van der Waals surface area contributed by atoms with Gasteiger partial charge in [-0.15, -0.1) is 5.10 Å². The summed E-state index contributed by atoms with van der Waals surface area (Å²) in [6.45, 7) is 7.50. The Balaban J connectivity index is 1.33. The predicted molar refractivity (Wildman–Crippen MR) is 96.5 cm³/mol. The van der Waals surface area contributed by atoms with Crippen molar-refractivity contribution in [2.45, 2.75) is 45.7 Å². The number of H-pyrrole nitrogens is 1. The molecule has 4 heterocycles. The number of likely N-dealkylation sites (tertiary alicyclic amines) is 2. The van der Waals surface area contributed by atoms with E-state index in [-0.39, 0.29) is 5.91 Å². The minimum atomic E-state index is -0.00360. The van der Waals surface area contributed by atoms with Crippen LogP contribution in [0.2, 0.25) is 0 Å². The molecule has 2 aliphatic rings. The number of amides is 1. The summed E-state index contributed by atoms with van der Waals surface area (Å²) in [5.74, 6) is 0.845. The number of carbonyl (C=O) groups excluding carboxylic acids is 1. The van der Waals surface area contributed by atoms with Crippen LogP contribution >= 0.6 is 0 Å². The minimum absolute atomic E-state index is 0.00360. The van der Waals surface area contributed by atoms with E-state index in [2.05, 4.69) is 31.4 Å². The lowest BCUT2D eigenvalue weighted by Gasteiger charge is -2.32. The average molecular weight is 357 g/mol. The first kappa shape index (κ1) is 17.2. The number of carbonyl (C=O) groups is 1. The van der Waals surface area contributed by atoms with Crippen LogP contribution in [0.1, 0.15) is 47.7 Å². The van der Waals surface area contributed by atoms with Gasteiger partial charge in [-0.25, -0.2) is 4.98 Å². The van der Waals surface area contributed by atoms with Crippen LogP contribution in [0.15, 0.2) is 12.4 Å². The van der Waals surface area contributed by atoms with E-state index in [1.807, 2.05) is 16.5 Å². The molecule has 1 N–H and O–H groups in total. The van der Waals surface area contributed by atoms with Gasteiger partial charge >= 0.3 is 0 Å². The Morgan fingerprint density at radius 2 is 2.12 bits per heavy atom. The second kappa shape index (κ2) is 7.57. The van der Waals surface area contributed by atoms with Crippen molar-refractivity contribution in [1.29, 1.82) is 0 Å². The highest BCUT2D eigenvalue weighted by atomic mass is 16.2. The lowest BCUT2D eigenvalue weighted by molar-refractivity contribution is 0.0648. The van der Waals surface area contributed by atoms with Gasteiger partial charge in [-0.05, 0) is 51.6 Å². The maximum atomic E-state index is 12.6. The summed E-state index contributed by atoms with van der Waals surface area (Å²) in [6.07, 6.45) is 8.47. The first-order valence-corrected chi connectivity index (χ1v) is 9.59. The molecule has 2 aromatic heterocycles. The summed E-state index contributed by atoms with van der Waals surface area (Å²) >= 11 is 0. The maximum Gasteiger partial charge on any atom is 0.289 e. The van der Waals surface area contributed by atoms with Crippen LogP contribution in [0.3, 0.4) is 0 Å². The number of hydrogen-bond acceptors (Lipinski definition) is 5. The summed E-state index contributed by atoms with van der Waals surface area (Å²) < 4.78 is 1.95. The Labute approximate surface area is 153 Å². The van der Waals surface area contributed by atoms with E-state index in [1.165, 1.54) is 25.9 Å². The molecule has 2 aliphatic heterocycles. The van der Waals surface area contributed by atoms with Crippen LogP contribution in [0.5, 0.6) is 0 Å². The van der Waals surface area contributed by atoms with E-state index in [1.54, 1.807) is 6.20 Å². The molecule has 0 saturated carbocycles. The number of aryl methyl sites for hydroxylation is 1. The number of aromatic nitrogens is 5. The monoisotopic (exact) mass is 357 g/mol. The lowest BCUT2D eigenvalue weighted by Crippen LogP contribution is -2.41. The number of nitrogens with zero attached hydrogens (tertiary/aromatic N) is 6. The fourth-order valence-corrected chi connectivity index (χ4v) is 4.00. The molecule has 2 aromatic rings. The number of hydrogen-bond donors (Lipinski definition) is 1. The van der Waals surface area contributed by atoms with Crippen molar-refractivity contribution >= 4 is 5.91 Å². The summed E-state index contributed by atoms with van der Waals surface area (Å²) in [6, 6.07) is 0. The van der Waals surface area contributed by atoms with Gasteiger partial charge in [0.25, 0.3) is 5.91 Å². The summed E-state index contributed by atoms with van der Waals surface area (Å²) in [5.41, 5.74) is 1.96. The Kier molecular flexibility index (Phi) is 5.01. The summed E-state index contributed by atoms with van der Waals surface area (Å²) in [5, 5.41) is 8.63. The van der Waals surface area contributed by atoms with Gasteiger partial charge in [-0.2, -0.15) is 0 Å². The molecular formula is C18H27N7O. The fourth-order valence-electron chi connectivity index (χ4n) is 4.00. The molecule has 0 bridgehead atoms. The van der Waals surface area contributed by atoms with E-state index >= 15 is 0 Å². The van der Waals surface area contributed by atoms with Crippen molar-refractivity contribution < 1.29 is 4.79 Å². The molecule has 0 aliphatic carbocycles. The van der Waals surface area contributed by atoms with E-state index in [0.29, 0.717) is 11.7 Å². The minimum Gasteiger partial charge on any atom is -0.338 e. The molecule has 2 saturated heterocycles. The van der Waals surface area contributed by atoms with Crippen molar-refractivity contribution in [2.75, 3.05) is 26.2 Å². The Hall–Kier alpha value is -2.22. The van der Waals surface area contributed by atoms with Gasteiger partial charge in [0.1, 0.15) is 0 Å². The third-order valence-electron chi connectivity index (χ3n) is 5.33. The number of piperidine rings is 1. The molecule has 26 heavy (non-hydrogen) atoms. The van der Waals surface area contributed by atoms with Crippen LogP contribution in [0.4, 0.5) is 0 Å². The van der Waals surface area contributed by atoms with Crippen molar-refractivity contribution in [3.05, 3.63) is 29.6 Å². The Bertz CT molecular complexity index is 746. The van der Waals surface area contributed by atoms with Crippen molar-refractivity contribution in [3.63, 3.8) is 0 Å². The zero-order valence-electron chi connectivity index (χ0n) is 15.4. The van der Waals surface area contributed by atoms with Gasteiger partial charge in [0.15, 0.2) is 5.82 Å². The maximum absolute atomic E-state index is 12.6. The average Bonchev–Trinajstić information content (AvgIpc) is 3.38. The predicted octanol–water partition coefficient (Wildman–Crippen LogP) is 1.46. The van der Waals surface area contributed by atoms with Gasteiger partial charge in [0.05, 0.1) is 5.69 Å². The molecule has 0 radical (unpaired) electrons. The quantitative estimate of drug-likeness (QED) is 0.876. The smallest absolute Gasteiger partial charge is 0.289 e. The molecule has 1 atom stereocenters. The van der Waals surface area contributed by atoms with E-state index in [0.717, 1.165) is 50.4 Å². The SMILES string of the molecule is Cc1cnc(C(=O)N2CCCC(Cn3cc(CN4CCCC4)nn3)C2)[nH]1. The zero-order chi connectivity index (χ0) is 17.9. The standard InChI is InChI=1S/C18H27N7O/c1-14-9-19-17(20-14)18(26)24-8-4-5-15(10-24)11-25-13-16(21-22-25)12-23-6-2-3-7-23/h9,13,15H,2-8,10-12H2,1H3,(H,19,20). The Morgan fingerprint density at radius 3 is 2.88 bits per heavy atom. The number of aromatic amines is 1. The molecule has 1 amide bonds. The highest BCUT2D eigenvalue weighted by Crippen LogP contribution is 2.20. The normalized spacial score (nSPS) is 21.4. The lowest BCUT2D eigenvalue weighted by atomic mass is 9.98. The molecule has 8 heteroatoms. The third kappa shape index (κ3) is 3.95. The molecule has 140 valence electrons. The molecule has 2 fully saturated rings. The second-order valence-electron chi connectivity index (χ2n) is 7.59. The first-order valence-electron chi connectivity index (χ1n) is 9.59. The van der Waals surface area contributed by atoms with Crippen molar-refractivity contribution in [2.24, 2.45) is 5.92 Å². The van der Waals surface area contributed by atoms with E-state index in [9.17, 15) is 4.79 Å². The molecule has 1 unspecified atom stereocenters. The highest BCUT2D eigenvalue weighted by Gasteiger charge is 2.26. The van der Waals surface area contributed by atoms with E-state index < -0.39 is 0 Å². The molecule has 0 aromatic carbocycles. The van der Waals surface area contributed by atoms with Gasteiger partial charge in [-0.3, -0.25) is 14.4 Å².